The highest BCUT2D eigenvalue weighted by atomic mass is 32.2. The number of sulfone groups is 1. The van der Waals surface area contributed by atoms with Gasteiger partial charge in [0, 0.05) is 11.6 Å². The van der Waals surface area contributed by atoms with Crippen molar-refractivity contribution in [3.8, 4) is 0 Å². The number of alkyl halides is 2. The number of hydrogen-bond donors (Lipinski definition) is 2. The van der Waals surface area contributed by atoms with Gasteiger partial charge in [0.05, 0.1) is 5.75 Å². The van der Waals surface area contributed by atoms with E-state index in [4.69, 9.17) is 0 Å². The molecular formula is C14H18F2N2O3S. The molecule has 0 aliphatic carbocycles. The third-order valence-corrected chi connectivity index (χ3v) is 4.81. The molecule has 1 aromatic rings. The first-order valence-electron chi connectivity index (χ1n) is 6.99. The van der Waals surface area contributed by atoms with Gasteiger partial charge in [0.15, 0.2) is 0 Å². The van der Waals surface area contributed by atoms with Gasteiger partial charge in [0.2, 0.25) is 9.84 Å². The van der Waals surface area contributed by atoms with Crippen molar-refractivity contribution in [3.05, 3.63) is 35.4 Å². The number of halogens is 2. The summed E-state index contributed by atoms with van der Waals surface area (Å²) in [5.74, 6) is -4.37. The predicted molar refractivity (Wildman–Crippen MR) is 78.4 cm³/mol. The Morgan fingerprint density at radius 2 is 1.82 bits per heavy atom. The van der Waals surface area contributed by atoms with Crippen LogP contribution in [-0.2, 0) is 15.6 Å². The summed E-state index contributed by atoms with van der Waals surface area (Å²) in [5, 5.41) is 6.10. The smallest absolute Gasteiger partial charge is 0.337 e. The maximum absolute atomic E-state index is 12.3. The molecule has 0 saturated carbocycles. The second kappa shape index (κ2) is 7.15. The van der Waals surface area contributed by atoms with Crippen molar-refractivity contribution in [2.24, 2.45) is 0 Å². The normalized spacial score (nSPS) is 16.7. The SMILES string of the molecule is O=C(NC1CCNCC1)c1ccc(CS(=O)(=O)C(F)F)cc1. The highest BCUT2D eigenvalue weighted by Gasteiger charge is 2.24. The molecule has 1 aliphatic heterocycles. The number of amides is 1. The molecule has 0 aromatic heterocycles. The van der Waals surface area contributed by atoms with Crippen LogP contribution in [0.2, 0.25) is 0 Å². The fourth-order valence-electron chi connectivity index (χ4n) is 2.28. The number of nitrogens with one attached hydrogen (secondary N) is 2. The highest BCUT2D eigenvalue weighted by molar-refractivity contribution is 7.90. The van der Waals surface area contributed by atoms with E-state index in [1.807, 2.05) is 0 Å². The van der Waals surface area contributed by atoms with Gasteiger partial charge >= 0.3 is 5.76 Å². The van der Waals surface area contributed by atoms with Crippen LogP contribution in [0.1, 0.15) is 28.8 Å². The zero-order valence-electron chi connectivity index (χ0n) is 11.9. The lowest BCUT2D eigenvalue weighted by Gasteiger charge is -2.23. The van der Waals surface area contributed by atoms with Gasteiger partial charge in [0.1, 0.15) is 0 Å². The summed E-state index contributed by atoms with van der Waals surface area (Å²) in [6.07, 6.45) is 1.72. The fourth-order valence-corrected chi connectivity index (χ4v) is 3.07. The van der Waals surface area contributed by atoms with Crippen molar-refractivity contribution in [1.82, 2.24) is 10.6 Å². The zero-order chi connectivity index (χ0) is 16.2. The summed E-state index contributed by atoms with van der Waals surface area (Å²) in [6.45, 7) is 1.71. The lowest BCUT2D eigenvalue weighted by molar-refractivity contribution is 0.0929. The molecule has 1 amide bonds. The molecule has 0 unspecified atom stereocenters. The number of piperidine rings is 1. The summed E-state index contributed by atoms with van der Waals surface area (Å²) < 4.78 is 46.9. The summed E-state index contributed by atoms with van der Waals surface area (Å²) >= 11 is 0. The quantitative estimate of drug-likeness (QED) is 0.852. The Kier molecular flexibility index (Phi) is 5.47. The van der Waals surface area contributed by atoms with Crippen molar-refractivity contribution >= 4 is 15.7 Å². The van der Waals surface area contributed by atoms with Crippen LogP contribution in [0.5, 0.6) is 0 Å². The van der Waals surface area contributed by atoms with E-state index in [2.05, 4.69) is 10.6 Å². The number of carbonyl (C=O) groups excluding carboxylic acids is 1. The molecule has 0 atom stereocenters. The fraction of sp³-hybridized carbons (Fsp3) is 0.500. The average Bonchev–Trinajstić information content (AvgIpc) is 2.48. The molecule has 1 saturated heterocycles. The molecule has 0 radical (unpaired) electrons. The summed E-state index contributed by atoms with van der Waals surface area (Å²) in [7, 11) is -4.45. The van der Waals surface area contributed by atoms with E-state index in [1.54, 1.807) is 0 Å². The molecule has 22 heavy (non-hydrogen) atoms. The van der Waals surface area contributed by atoms with Crippen LogP contribution in [0.4, 0.5) is 8.78 Å². The van der Waals surface area contributed by atoms with E-state index >= 15 is 0 Å². The summed E-state index contributed by atoms with van der Waals surface area (Å²) in [5.41, 5.74) is 0.621. The largest absolute Gasteiger partial charge is 0.349 e. The third kappa shape index (κ3) is 4.48. The standard InChI is InChI=1S/C14H18F2N2O3S/c15-14(16)22(20,21)9-10-1-3-11(4-2-10)13(19)18-12-5-7-17-8-6-12/h1-4,12,14,17H,5-9H2,(H,18,19). The van der Waals surface area contributed by atoms with Crippen LogP contribution >= 0.6 is 0 Å². The van der Waals surface area contributed by atoms with Crippen LogP contribution < -0.4 is 10.6 Å². The first-order chi connectivity index (χ1) is 10.4. The lowest BCUT2D eigenvalue weighted by atomic mass is 10.1. The van der Waals surface area contributed by atoms with Crippen molar-refractivity contribution in [2.75, 3.05) is 13.1 Å². The monoisotopic (exact) mass is 332 g/mol. The number of benzene rings is 1. The first kappa shape index (κ1) is 16.8. The minimum absolute atomic E-state index is 0.118. The van der Waals surface area contributed by atoms with E-state index in [1.165, 1.54) is 24.3 Å². The molecule has 5 nitrogen and oxygen atoms in total. The average molecular weight is 332 g/mol. The molecule has 1 aliphatic rings. The van der Waals surface area contributed by atoms with Gasteiger partial charge in [-0.15, -0.1) is 0 Å². The Labute approximate surface area is 128 Å². The minimum atomic E-state index is -4.45. The van der Waals surface area contributed by atoms with Crippen molar-refractivity contribution < 1.29 is 22.0 Å². The van der Waals surface area contributed by atoms with E-state index in [9.17, 15) is 22.0 Å². The van der Waals surface area contributed by atoms with Crippen LogP contribution in [-0.4, -0.2) is 39.2 Å². The summed E-state index contributed by atoms with van der Waals surface area (Å²) in [6, 6.07) is 5.79. The zero-order valence-corrected chi connectivity index (χ0v) is 12.7. The molecule has 2 N–H and O–H groups in total. The second-order valence-corrected chi connectivity index (χ2v) is 7.23. The lowest BCUT2D eigenvalue weighted by Crippen LogP contribution is -2.42. The third-order valence-electron chi connectivity index (χ3n) is 3.53. The number of hydrogen-bond acceptors (Lipinski definition) is 4. The molecule has 0 spiro atoms. The van der Waals surface area contributed by atoms with Crippen LogP contribution in [0.3, 0.4) is 0 Å². The Morgan fingerprint density at radius 3 is 2.36 bits per heavy atom. The van der Waals surface area contributed by atoms with Crippen LogP contribution in [0.15, 0.2) is 24.3 Å². The Bertz CT molecular complexity index is 611. The van der Waals surface area contributed by atoms with Gasteiger partial charge in [-0.05, 0) is 43.6 Å². The van der Waals surface area contributed by atoms with Crippen LogP contribution in [0, 0.1) is 0 Å². The van der Waals surface area contributed by atoms with Crippen molar-refractivity contribution in [2.45, 2.75) is 30.4 Å². The Morgan fingerprint density at radius 1 is 1.23 bits per heavy atom. The Hall–Kier alpha value is -1.54. The van der Waals surface area contributed by atoms with Gasteiger partial charge in [0.25, 0.3) is 5.91 Å². The van der Waals surface area contributed by atoms with Gasteiger partial charge in [-0.2, -0.15) is 8.78 Å². The van der Waals surface area contributed by atoms with Crippen LogP contribution in [0.25, 0.3) is 0 Å². The summed E-state index contributed by atoms with van der Waals surface area (Å²) in [4.78, 5) is 12.0. The van der Waals surface area contributed by atoms with Crippen molar-refractivity contribution in [1.29, 1.82) is 0 Å². The number of carbonyl (C=O) groups is 1. The maximum atomic E-state index is 12.3. The topological polar surface area (TPSA) is 75.3 Å². The minimum Gasteiger partial charge on any atom is -0.349 e. The van der Waals surface area contributed by atoms with Gasteiger partial charge < -0.3 is 10.6 Å². The first-order valence-corrected chi connectivity index (χ1v) is 8.70. The molecule has 8 heteroatoms. The molecule has 1 aromatic carbocycles. The molecule has 122 valence electrons. The van der Waals surface area contributed by atoms with Crippen molar-refractivity contribution in [3.63, 3.8) is 0 Å². The van der Waals surface area contributed by atoms with Gasteiger partial charge in [-0.3, -0.25) is 4.79 Å². The van der Waals surface area contributed by atoms with E-state index in [0.29, 0.717) is 5.56 Å². The second-order valence-electron chi connectivity index (χ2n) is 5.26. The highest BCUT2D eigenvalue weighted by Crippen LogP contribution is 2.14. The Balaban J connectivity index is 1.97. The predicted octanol–water partition coefficient (Wildman–Crippen LogP) is 1.31. The number of rotatable bonds is 5. The van der Waals surface area contributed by atoms with Gasteiger partial charge in [-0.25, -0.2) is 8.42 Å². The van der Waals surface area contributed by atoms with E-state index in [0.717, 1.165) is 25.9 Å². The maximum Gasteiger partial charge on any atom is 0.337 e. The van der Waals surface area contributed by atoms with Gasteiger partial charge in [-0.1, -0.05) is 12.1 Å². The van der Waals surface area contributed by atoms with E-state index in [-0.39, 0.29) is 17.5 Å². The molecule has 0 bridgehead atoms. The molecule has 2 rings (SSSR count). The molecular weight excluding hydrogens is 314 g/mol. The van der Waals surface area contributed by atoms with E-state index < -0.39 is 21.3 Å². The molecule has 1 fully saturated rings. The molecule has 1 heterocycles.